The van der Waals surface area contributed by atoms with Gasteiger partial charge in [0.2, 0.25) is 11.8 Å². The number of fused-ring (bicyclic) bond motifs is 3. The average molecular weight is 409 g/mol. The highest BCUT2D eigenvalue weighted by molar-refractivity contribution is 6.01. The number of H-pyrrole nitrogens is 1. The zero-order valence-electron chi connectivity index (χ0n) is 16.4. The van der Waals surface area contributed by atoms with E-state index in [0.717, 1.165) is 35.1 Å². The van der Waals surface area contributed by atoms with Crippen LogP contribution in [0.2, 0.25) is 0 Å². The predicted octanol–water partition coefficient (Wildman–Crippen LogP) is 0.757. The maximum absolute atomic E-state index is 12.5. The molecule has 9 heteroatoms. The third-order valence-electron chi connectivity index (χ3n) is 5.52. The Labute approximate surface area is 173 Å². The zero-order chi connectivity index (χ0) is 21.1. The molecule has 0 spiro atoms. The van der Waals surface area contributed by atoms with Crippen LogP contribution in [0.1, 0.15) is 35.3 Å². The summed E-state index contributed by atoms with van der Waals surface area (Å²) in [7, 11) is 0. The summed E-state index contributed by atoms with van der Waals surface area (Å²) in [5.41, 5.74) is 2.24. The van der Waals surface area contributed by atoms with Gasteiger partial charge in [0, 0.05) is 29.8 Å². The lowest BCUT2D eigenvalue weighted by atomic mass is 9.92. The average Bonchev–Trinajstić information content (AvgIpc) is 3.39. The van der Waals surface area contributed by atoms with Crippen molar-refractivity contribution in [3.63, 3.8) is 0 Å². The lowest BCUT2D eigenvalue weighted by Gasteiger charge is -2.23. The highest BCUT2D eigenvalue weighted by Crippen LogP contribution is 2.34. The number of ether oxygens (including phenoxy) is 1. The van der Waals surface area contributed by atoms with E-state index in [1.807, 2.05) is 18.2 Å². The Hall–Kier alpha value is -3.54. The van der Waals surface area contributed by atoms with Crippen LogP contribution in [0.3, 0.4) is 0 Å². The van der Waals surface area contributed by atoms with Crippen LogP contribution in [0.5, 0.6) is 5.75 Å². The van der Waals surface area contributed by atoms with Gasteiger partial charge >= 0.3 is 0 Å². The molecule has 2 aliphatic heterocycles. The minimum absolute atomic E-state index is 0.0849. The van der Waals surface area contributed by atoms with E-state index in [1.54, 1.807) is 6.07 Å². The van der Waals surface area contributed by atoms with Gasteiger partial charge in [-0.05, 0) is 37.0 Å². The van der Waals surface area contributed by atoms with Gasteiger partial charge < -0.3 is 25.7 Å². The van der Waals surface area contributed by atoms with E-state index in [9.17, 15) is 19.6 Å². The summed E-state index contributed by atoms with van der Waals surface area (Å²) in [6, 6.07) is 6.84. The number of carbonyl (C=O) groups is 3. The second kappa shape index (κ2) is 8.45. The molecule has 0 bridgehead atoms. The van der Waals surface area contributed by atoms with Crippen molar-refractivity contribution in [2.75, 3.05) is 19.7 Å². The monoisotopic (exact) mass is 409 g/mol. The van der Waals surface area contributed by atoms with Gasteiger partial charge in [-0.15, -0.1) is 0 Å². The van der Waals surface area contributed by atoms with Crippen molar-refractivity contribution in [1.82, 2.24) is 20.9 Å². The van der Waals surface area contributed by atoms with E-state index in [1.165, 1.54) is 0 Å². The summed E-state index contributed by atoms with van der Waals surface area (Å²) in [6.45, 7) is 1.01. The van der Waals surface area contributed by atoms with Gasteiger partial charge in [-0.2, -0.15) is 5.26 Å². The number of aromatic nitrogens is 1. The Morgan fingerprint density at radius 3 is 3.03 bits per heavy atom. The first-order valence-corrected chi connectivity index (χ1v) is 10.1. The molecule has 0 radical (unpaired) electrons. The molecular formula is C21H23N5O4. The second-order valence-corrected chi connectivity index (χ2v) is 7.59. The second-order valence-electron chi connectivity index (χ2n) is 7.59. The molecule has 0 saturated carbocycles. The molecule has 4 N–H and O–H groups in total. The Morgan fingerprint density at radius 1 is 1.37 bits per heavy atom. The van der Waals surface area contributed by atoms with Crippen LogP contribution in [-0.2, 0) is 16.0 Å². The highest BCUT2D eigenvalue weighted by atomic mass is 16.5. The summed E-state index contributed by atoms with van der Waals surface area (Å²) in [6.07, 6.45) is 2.66. The van der Waals surface area contributed by atoms with Crippen molar-refractivity contribution in [2.24, 2.45) is 5.92 Å². The predicted molar refractivity (Wildman–Crippen MR) is 108 cm³/mol. The molecule has 9 nitrogen and oxygen atoms in total. The van der Waals surface area contributed by atoms with E-state index < -0.39 is 17.9 Å². The van der Waals surface area contributed by atoms with Crippen LogP contribution >= 0.6 is 0 Å². The first kappa shape index (κ1) is 19.8. The molecule has 3 heterocycles. The number of nitrogens with one attached hydrogen (secondary N) is 4. The number of hydrogen-bond acceptors (Lipinski definition) is 5. The van der Waals surface area contributed by atoms with Gasteiger partial charge in [0.15, 0.2) is 0 Å². The zero-order valence-corrected chi connectivity index (χ0v) is 16.4. The summed E-state index contributed by atoms with van der Waals surface area (Å²) in [5.74, 6) is -0.476. The summed E-state index contributed by atoms with van der Waals surface area (Å²) in [4.78, 5) is 39.5. The number of benzene rings is 1. The molecule has 2 atom stereocenters. The number of nitriles is 1. The van der Waals surface area contributed by atoms with Crippen molar-refractivity contribution < 1.29 is 19.1 Å². The molecule has 1 aromatic carbocycles. The molecule has 3 amide bonds. The number of aromatic amines is 1. The van der Waals surface area contributed by atoms with Gasteiger partial charge in [-0.25, -0.2) is 0 Å². The number of piperidine rings is 1. The third-order valence-corrected chi connectivity index (χ3v) is 5.52. The quantitative estimate of drug-likeness (QED) is 0.558. The van der Waals surface area contributed by atoms with Crippen LogP contribution < -0.4 is 20.7 Å². The largest absolute Gasteiger partial charge is 0.492 e. The smallest absolute Gasteiger partial charge is 0.268 e. The molecule has 1 aromatic heterocycles. The van der Waals surface area contributed by atoms with E-state index in [4.69, 9.17) is 4.74 Å². The number of rotatable bonds is 6. The number of hydrogen-bond donors (Lipinski definition) is 4. The molecule has 0 unspecified atom stereocenters. The fraction of sp³-hybridized carbons (Fsp3) is 0.429. The summed E-state index contributed by atoms with van der Waals surface area (Å²) < 4.78 is 5.65. The van der Waals surface area contributed by atoms with Crippen LogP contribution in [0.4, 0.5) is 0 Å². The van der Waals surface area contributed by atoms with Gasteiger partial charge in [0.05, 0.1) is 19.2 Å². The minimum atomic E-state index is -0.781. The van der Waals surface area contributed by atoms with Crippen molar-refractivity contribution in [1.29, 1.82) is 5.26 Å². The Morgan fingerprint density at radius 2 is 2.23 bits per heavy atom. The highest BCUT2D eigenvalue weighted by Gasteiger charge is 2.26. The molecule has 0 aliphatic carbocycles. The third kappa shape index (κ3) is 4.08. The van der Waals surface area contributed by atoms with E-state index in [0.29, 0.717) is 25.3 Å². The molecule has 2 aromatic rings. The SMILES string of the molecule is N#C[C@H](C[C@@H]1CCCNC1=O)NC(=O)CNC(=O)c1cc2c3c(ccc2[nH]1)CCO3. The van der Waals surface area contributed by atoms with Gasteiger partial charge in [-0.3, -0.25) is 14.4 Å². The molecule has 1 saturated heterocycles. The van der Waals surface area contributed by atoms with Crippen LogP contribution in [-0.4, -0.2) is 48.4 Å². The van der Waals surface area contributed by atoms with E-state index in [-0.39, 0.29) is 24.8 Å². The van der Waals surface area contributed by atoms with Crippen molar-refractivity contribution in [2.45, 2.75) is 31.7 Å². The maximum Gasteiger partial charge on any atom is 0.268 e. The first-order chi connectivity index (χ1) is 14.5. The Kier molecular flexibility index (Phi) is 5.57. The molecule has 4 rings (SSSR count). The fourth-order valence-electron chi connectivity index (χ4n) is 3.97. The lowest BCUT2D eigenvalue weighted by molar-refractivity contribution is -0.127. The van der Waals surface area contributed by atoms with Gasteiger partial charge in [0.25, 0.3) is 5.91 Å². The van der Waals surface area contributed by atoms with Crippen LogP contribution in [0.25, 0.3) is 10.9 Å². The normalized spacial score (nSPS) is 18.6. The molecule has 2 aliphatic rings. The van der Waals surface area contributed by atoms with E-state index >= 15 is 0 Å². The molecule has 1 fully saturated rings. The van der Waals surface area contributed by atoms with Crippen molar-refractivity contribution in [3.05, 3.63) is 29.5 Å². The number of carbonyl (C=O) groups excluding carboxylic acids is 3. The number of nitrogens with zero attached hydrogens (tertiary/aromatic N) is 1. The van der Waals surface area contributed by atoms with Gasteiger partial charge in [-0.1, -0.05) is 6.07 Å². The minimum Gasteiger partial charge on any atom is -0.492 e. The first-order valence-electron chi connectivity index (χ1n) is 10.1. The molecule has 30 heavy (non-hydrogen) atoms. The van der Waals surface area contributed by atoms with Crippen molar-refractivity contribution in [3.8, 4) is 11.8 Å². The van der Waals surface area contributed by atoms with E-state index in [2.05, 4.69) is 20.9 Å². The Balaban J connectivity index is 1.32. The Bertz CT molecular complexity index is 1040. The van der Waals surface area contributed by atoms with Crippen LogP contribution in [0.15, 0.2) is 18.2 Å². The number of amides is 3. The topological polar surface area (TPSA) is 136 Å². The van der Waals surface area contributed by atoms with Gasteiger partial charge in [0.1, 0.15) is 17.5 Å². The fourth-order valence-corrected chi connectivity index (χ4v) is 3.97. The standard InChI is InChI=1S/C21H23N5O4/c22-10-14(8-13-2-1-6-23-20(13)28)25-18(27)11-24-21(29)17-9-15-16(26-17)4-3-12-5-7-30-19(12)15/h3-4,9,13-14,26H,1-2,5-8,11H2,(H,23,28)(H,24,29)(H,25,27)/t13-,14-/m0/s1. The maximum atomic E-state index is 12.5. The summed E-state index contributed by atoms with van der Waals surface area (Å²) >= 11 is 0. The van der Waals surface area contributed by atoms with Crippen molar-refractivity contribution >= 4 is 28.6 Å². The molecule has 156 valence electrons. The lowest BCUT2D eigenvalue weighted by Crippen LogP contribution is -2.44. The van der Waals surface area contributed by atoms with Crippen LogP contribution in [0, 0.1) is 17.2 Å². The summed E-state index contributed by atoms with van der Waals surface area (Å²) in [5, 5.41) is 18.1. The molecular weight excluding hydrogens is 386 g/mol.